The fourth-order valence-corrected chi connectivity index (χ4v) is 4.02. The second-order valence-electron chi connectivity index (χ2n) is 7.41. The summed E-state index contributed by atoms with van der Waals surface area (Å²) in [5.41, 5.74) is 2.98. The Bertz CT molecular complexity index is 1220. The van der Waals surface area contributed by atoms with Gasteiger partial charge in [-0.1, -0.05) is 35.9 Å². The summed E-state index contributed by atoms with van der Waals surface area (Å²) in [4.78, 5) is 35.3. The second kappa shape index (κ2) is 9.74. The number of rotatable bonds is 7. The first-order valence-corrected chi connectivity index (χ1v) is 10.8. The van der Waals surface area contributed by atoms with Crippen molar-refractivity contribution in [3.8, 4) is 17.0 Å². The number of halogens is 2. The van der Waals surface area contributed by atoms with Gasteiger partial charge in [0.1, 0.15) is 11.8 Å². The molecule has 1 aliphatic rings. The normalized spacial score (nSPS) is 13.6. The maximum atomic E-state index is 13.1. The van der Waals surface area contributed by atoms with Crippen LogP contribution in [0.3, 0.4) is 0 Å². The molecule has 0 fully saturated rings. The predicted octanol–water partition coefficient (Wildman–Crippen LogP) is 3.09. The molecule has 0 bridgehead atoms. The summed E-state index contributed by atoms with van der Waals surface area (Å²) in [6.45, 7) is -0.0764. The predicted molar refractivity (Wildman–Crippen MR) is 123 cm³/mol. The molecule has 0 unspecified atom stereocenters. The van der Waals surface area contributed by atoms with E-state index in [0.717, 1.165) is 11.1 Å². The number of aromatic nitrogens is 2. The topological polar surface area (TPSA) is 105 Å². The van der Waals surface area contributed by atoms with Gasteiger partial charge in [-0.15, -0.1) is 0 Å². The van der Waals surface area contributed by atoms with Gasteiger partial charge in [0.25, 0.3) is 5.91 Å². The van der Waals surface area contributed by atoms with Crippen LogP contribution in [-0.4, -0.2) is 51.5 Å². The first-order valence-electron chi connectivity index (χ1n) is 10.0. The van der Waals surface area contributed by atoms with E-state index in [9.17, 15) is 14.7 Å². The van der Waals surface area contributed by atoms with E-state index in [1.165, 1.54) is 11.1 Å². The highest BCUT2D eigenvalue weighted by Crippen LogP contribution is 2.32. The molecule has 2 N–H and O–H groups in total. The monoisotopic (exact) mass is 486 g/mol. The van der Waals surface area contributed by atoms with E-state index < -0.39 is 18.6 Å². The molecule has 2 heterocycles. The van der Waals surface area contributed by atoms with Crippen LogP contribution in [0.5, 0.6) is 5.75 Å². The van der Waals surface area contributed by atoms with Gasteiger partial charge < -0.3 is 20.1 Å². The highest BCUT2D eigenvalue weighted by molar-refractivity contribution is 6.33. The smallest absolute Gasteiger partial charge is 0.255 e. The Hall–Kier alpha value is -3.20. The first kappa shape index (κ1) is 23.0. The minimum absolute atomic E-state index is 0.0379. The van der Waals surface area contributed by atoms with Crippen LogP contribution in [0.2, 0.25) is 10.3 Å². The summed E-state index contributed by atoms with van der Waals surface area (Å²) in [7, 11) is 1.56. The summed E-state index contributed by atoms with van der Waals surface area (Å²) in [6.07, 6.45) is 1.39. The molecule has 8 nitrogen and oxygen atoms in total. The van der Waals surface area contributed by atoms with E-state index in [1.54, 1.807) is 37.4 Å². The molecule has 1 aromatic heterocycles. The van der Waals surface area contributed by atoms with Gasteiger partial charge in [-0.3, -0.25) is 9.59 Å². The number of carbonyl (C=O) groups is 2. The number of nitrogens with one attached hydrogen (secondary N) is 1. The van der Waals surface area contributed by atoms with Crippen molar-refractivity contribution in [3.05, 3.63) is 75.7 Å². The summed E-state index contributed by atoms with van der Waals surface area (Å²) >= 11 is 12.1. The Kier molecular flexibility index (Phi) is 6.78. The zero-order valence-electron chi connectivity index (χ0n) is 17.6. The Labute approximate surface area is 200 Å². The lowest BCUT2D eigenvalue weighted by atomic mass is 10.0. The lowest BCUT2D eigenvalue weighted by molar-refractivity contribution is -0.127. The third-order valence-corrected chi connectivity index (χ3v) is 5.84. The quantitative estimate of drug-likeness (QED) is 0.497. The number of fused-ring (bicyclic) bond motifs is 1. The average molecular weight is 487 g/mol. The van der Waals surface area contributed by atoms with Crippen molar-refractivity contribution in [1.29, 1.82) is 0 Å². The van der Waals surface area contributed by atoms with Gasteiger partial charge in [0.05, 0.1) is 30.6 Å². The summed E-state index contributed by atoms with van der Waals surface area (Å²) in [5.74, 6) is -0.141. The van der Waals surface area contributed by atoms with Crippen LogP contribution in [0.25, 0.3) is 11.3 Å². The third-order valence-electron chi connectivity index (χ3n) is 5.38. The highest BCUT2D eigenvalue weighted by atomic mass is 35.5. The molecule has 4 rings (SSSR count). The van der Waals surface area contributed by atoms with Crippen LogP contribution in [0.1, 0.15) is 21.5 Å². The molecule has 1 atom stereocenters. The largest absolute Gasteiger partial charge is 0.497 e. The molecular weight excluding hydrogens is 467 g/mol. The number of carbonyl (C=O) groups excluding carboxylic acids is 2. The minimum atomic E-state index is -1.03. The van der Waals surface area contributed by atoms with Crippen molar-refractivity contribution in [1.82, 2.24) is 20.2 Å². The number of ether oxygens (including phenoxy) is 1. The highest BCUT2D eigenvalue weighted by Gasteiger charge is 2.36. The molecule has 3 aromatic rings. The van der Waals surface area contributed by atoms with E-state index in [2.05, 4.69) is 15.3 Å². The maximum absolute atomic E-state index is 13.1. The lowest BCUT2D eigenvalue weighted by Crippen LogP contribution is -2.49. The Morgan fingerprint density at radius 3 is 2.85 bits per heavy atom. The van der Waals surface area contributed by atoms with Gasteiger partial charge >= 0.3 is 0 Å². The lowest BCUT2D eigenvalue weighted by Gasteiger charge is -2.25. The molecule has 10 heteroatoms. The summed E-state index contributed by atoms with van der Waals surface area (Å²) in [5, 5.41) is 13.0. The molecule has 170 valence electrons. The van der Waals surface area contributed by atoms with E-state index >= 15 is 0 Å². The van der Waals surface area contributed by atoms with Crippen molar-refractivity contribution < 1.29 is 19.4 Å². The number of methoxy groups -OCH3 is 1. The number of aliphatic hydroxyl groups is 1. The number of benzene rings is 2. The van der Waals surface area contributed by atoms with E-state index in [0.29, 0.717) is 27.6 Å². The van der Waals surface area contributed by atoms with Gasteiger partial charge in [0.15, 0.2) is 0 Å². The molecular formula is C23H20Cl2N4O4. The summed E-state index contributed by atoms with van der Waals surface area (Å²) in [6, 6.07) is 11.4. The number of amides is 2. The van der Waals surface area contributed by atoms with Crippen molar-refractivity contribution in [3.63, 3.8) is 0 Å². The fourth-order valence-electron chi connectivity index (χ4n) is 3.68. The standard InChI is InChI=1S/C23H20Cl2N4O4/c1-33-16-4-2-3-13(7-16)9-26-21(31)19(12-30)29-11-15-6-5-14(8-17(15)22(29)32)20-18(24)10-27-23(25)28-20/h2-8,10,19,30H,9,11-12H2,1H3,(H,26,31)/t19-/m1/s1. The number of nitrogens with zero attached hydrogens (tertiary/aromatic N) is 3. The minimum Gasteiger partial charge on any atom is -0.497 e. The molecule has 0 saturated carbocycles. The SMILES string of the molecule is COc1cccc(CNC(=O)[C@@H](CO)N2Cc3ccc(-c4nc(Cl)ncc4Cl)cc3C2=O)c1. The molecule has 0 saturated heterocycles. The van der Waals surface area contributed by atoms with Gasteiger partial charge in [-0.05, 0) is 40.9 Å². The first-order chi connectivity index (χ1) is 15.9. The number of hydrogen-bond acceptors (Lipinski definition) is 6. The molecule has 2 amide bonds. The Balaban J connectivity index is 1.51. The van der Waals surface area contributed by atoms with Crippen molar-refractivity contribution in [2.45, 2.75) is 19.1 Å². The zero-order chi connectivity index (χ0) is 23.5. The van der Waals surface area contributed by atoms with E-state index in [-0.39, 0.29) is 24.3 Å². The van der Waals surface area contributed by atoms with Crippen LogP contribution in [0.15, 0.2) is 48.7 Å². The number of aliphatic hydroxyl groups excluding tert-OH is 1. The van der Waals surface area contributed by atoms with Crippen LogP contribution in [0.4, 0.5) is 0 Å². The molecule has 0 spiro atoms. The van der Waals surface area contributed by atoms with Crippen molar-refractivity contribution in [2.75, 3.05) is 13.7 Å². The van der Waals surface area contributed by atoms with Gasteiger partial charge in [0.2, 0.25) is 11.2 Å². The van der Waals surface area contributed by atoms with E-state index in [4.69, 9.17) is 27.9 Å². The molecule has 1 aliphatic heterocycles. The Morgan fingerprint density at radius 2 is 2.09 bits per heavy atom. The number of hydrogen-bond donors (Lipinski definition) is 2. The van der Waals surface area contributed by atoms with Crippen LogP contribution in [0, 0.1) is 0 Å². The average Bonchev–Trinajstić information content (AvgIpc) is 3.15. The van der Waals surface area contributed by atoms with Crippen LogP contribution in [-0.2, 0) is 17.9 Å². The van der Waals surface area contributed by atoms with Gasteiger partial charge in [-0.25, -0.2) is 9.97 Å². The van der Waals surface area contributed by atoms with Crippen molar-refractivity contribution >= 4 is 35.0 Å². The summed E-state index contributed by atoms with van der Waals surface area (Å²) < 4.78 is 5.19. The van der Waals surface area contributed by atoms with Crippen LogP contribution < -0.4 is 10.1 Å². The van der Waals surface area contributed by atoms with Crippen molar-refractivity contribution in [2.24, 2.45) is 0 Å². The molecule has 33 heavy (non-hydrogen) atoms. The molecule has 2 aromatic carbocycles. The van der Waals surface area contributed by atoms with Gasteiger partial charge in [-0.2, -0.15) is 0 Å². The van der Waals surface area contributed by atoms with Crippen LogP contribution >= 0.6 is 23.2 Å². The Morgan fingerprint density at radius 1 is 1.27 bits per heavy atom. The fraction of sp³-hybridized carbons (Fsp3) is 0.217. The zero-order valence-corrected chi connectivity index (χ0v) is 19.1. The third kappa shape index (κ3) is 4.78. The molecule has 0 aliphatic carbocycles. The maximum Gasteiger partial charge on any atom is 0.255 e. The van der Waals surface area contributed by atoms with E-state index in [1.807, 2.05) is 12.1 Å². The molecule has 0 radical (unpaired) electrons. The second-order valence-corrected chi connectivity index (χ2v) is 8.15. The van der Waals surface area contributed by atoms with Gasteiger partial charge in [0, 0.05) is 24.2 Å².